The number of rotatable bonds is 3. The molecule has 4 heteroatoms. The summed E-state index contributed by atoms with van der Waals surface area (Å²) in [5.74, 6) is -0.136. The Kier molecular flexibility index (Phi) is 3.98. The fraction of sp³-hybridized carbons (Fsp3) is 0.300. The monoisotopic (exact) mass is 211 g/mol. The lowest BCUT2D eigenvalue weighted by Gasteiger charge is -2.13. The lowest BCUT2D eigenvalue weighted by atomic mass is 10.2. The molecule has 0 unspecified atom stereocenters. The summed E-state index contributed by atoms with van der Waals surface area (Å²) >= 11 is 1.61. The molecule has 0 aliphatic heterocycles. The van der Waals surface area contributed by atoms with Crippen LogP contribution in [0.1, 0.15) is 10.4 Å². The van der Waals surface area contributed by atoms with Crippen LogP contribution in [-0.2, 0) is 4.84 Å². The summed E-state index contributed by atoms with van der Waals surface area (Å²) in [5.41, 5.74) is 0.640. The van der Waals surface area contributed by atoms with Crippen LogP contribution >= 0.6 is 11.8 Å². The normalized spacial score (nSPS) is 9.93. The van der Waals surface area contributed by atoms with Crippen molar-refractivity contribution in [3.63, 3.8) is 0 Å². The minimum atomic E-state index is -0.136. The van der Waals surface area contributed by atoms with Gasteiger partial charge in [-0.1, -0.05) is 6.07 Å². The second kappa shape index (κ2) is 5.02. The zero-order valence-corrected chi connectivity index (χ0v) is 9.30. The van der Waals surface area contributed by atoms with E-state index in [0.29, 0.717) is 5.56 Å². The minimum absolute atomic E-state index is 0.136. The molecular formula is C10H13NO2S. The lowest BCUT2D eigenvalue weighted by Crippen LogP contribution is -2.25. The summed E-state index contributed by atoms with van der Waals surface area (Å²) in [5, 5.41) is 1.21. The number of carbonyl (C=O) groups is 1. The number of hydrogen-bond acceptors (Lipinski definition) is 3. The molecular weight excluding hydrogens is 198 g/mol. The van der Waals surface area contributed by atoms with Gasteiger partial charge in [-0.2, -0.15) is 0 Å². The molecule has 0 atom stereocenters. The first-order valence-corrected chi connectivity index (χ1v) is 5.37. The summed E-state index contributed by atoms with van der Waals surface area (Å²) in [6.45, 7) is 0. The Balaban J connectivity index is 2.90. The molecule has 0 aliphatic carbocycles. The Hall–Kier alpha value is -1.00. The highest BCUT2D eigenvalue weighted by molar-refractivity contribution is 7.98. The topological polar surface area (TPSA) is 29.5 Å². The highest BCUT2D eigenvalue weighted by Gasteiger charge is 2.10. The van der Waals surface area contributed by atoms with Gasteiger partial charge in [0.1, 0.15) is 0 Å². The lowest BCUT2D eigenvalue weighted by molar-refractivity contribution is -0.0757. The van der Waals surface area contributed by atoms with Crippen LogP contribution in [0.25, 0.3) is 0 Å². The molecule has 0 bridgehead atoms. The molecule has 0 N–H and O–H groups in total. The quantitative estimate of drug-likeness (QED) is 0.566. The van der Waals surface area contributed by atoms with Crippen molar-refractivity contribution in [1.82, 2.24) is 5.06 Å². The van der Waals surface area contributed by atoms with E-state index in [2.05, 4.69) is 0 Å². The smallest absolute Gasteiger partial charge is 0.274 e. The molecule has 0 spiro atoms. The van der Waals surface area contributed by atoms with Gasteiger partial charge in [0.2, 0.25) is 0 Å². The Labute approximate surface area is 88.0 Å². The molecule has 3 nitrogen and oxygen atoms in total. The number of nitrogens with zero attached hydrogens (tertiary/aromatic N) is 1. The molecule has 0 saturated heterocycles. The second-order valence-electron chi connectivity index (χ2n) is 2.72. The van der Waals surface area contributed by atoms with Gasteiger partial charge in [0, 0.05) is 17.5 Å². The van der Waals surface area contributed by atoms with E-state index in [1.807, 2.05) is 24.5 Å². The van der Waals surface area contributed by atoms with E-state index in [9.17, 15) is 4.79 Å². The minimum Gasteiger partial charge on any atom is -0.274 e. The van der Waals surface area contributed by atoms with Gasteiger partial charge in [0.15, 0.2) is 0 Å². The van der Waals surface area contributed by atoms with E-state index in [0.717, 1.165) is 4.90 Å². The standard InChI is InChI=1S/C10H13NO2S/c1-11(13-2)10(12)8-5-4-6-9(7-8)14-3/h4-7H,1-3H3. The highest BCUT2D eigenvalue weighted by atomic mass is 32.2. The third-order valence-corrected chi connectivity index (χ3v) is 2.60. The number of thioether (sulfide) groups is 1. The van der Waals surface area contributed by atoms with Crippen LogP contribution < -0.4 is 0 Å². The summed E-state index contributed by atoms with van der Waals surface area (Å²) in [7, 11) is 3.06. The van der Waals surface area contributed by atoms with Gasteiger partial charge in [-0.15, -0.1) is 11.8 Å². The average Bonchev–Trinajstić information content (AvgIpc) is 2.27. The first-order chi connectivity index (χ1) is 6.69. The van der Waals surface area contributed by atoms with Crippen molar-refractivity contribution in [2.24, 2.45) is 0 Å². The summed E-state index contributed by atoms with van der Waals surface area (Å²) in [6, 6.07) is 7.46. The number of amides is 1. The average molecular weight is 211 g/mol. The Bertz CT molecular complexity index is 328. The van der Waals surface area contributed by atoms with E-state index < -0.39 is 0 Å². The molecule has 1 aromatic carbocycles. The van der Waals surface area contributed by atoms with Crippen molar-refractivity contribution < 1.29 is 9.63 Å². The predicted octanol–water partition coefficient (Wildman–Crippen LogP) is 2.04. The van der Waals surface area contributed by atoms with Crippen molar-refractivity contribution in [3.05, 3.63) is 29.8 Å². The van der Waals surface area contributed by atoms with Crippen LogP contribution in [0.15, 0.2) is 29.2 Å². The van der Waals surface area contributed by atoms with Crippen molar-refractivity contribution in [2.75, 3.05) is 20.4 Å². The van der Waals surface area contributed by atoms with Gasteiger partial charge in [0.05, 0.1) is 7.11 Å². The second-order valence-corrected chi connectivity index (χ2v) is 3.60. The Morgan fingerprint density at radius 1 is 1.50 bits per heavy atom. The zero-order valence-electron chi connectivity index (χ0n) is 8.48. The maximum Gasteiger partial charge on any atom is 0.277 e. The van der Waals surface area contributed by atoms with Gasteiger partial charge < -0.3 is 0 Å². The molecule has 0 aromatic heterocycles. The van der Waals surface area contributed by atoms with Crippen LogP contribution in [0, 0.1) is 0 Å². The van der Waals surface area contributed by atoms with Crippen LogP contribution in [0.2, 0.25) is 0 Å². The van der Waals surface area contributed by atoms with Gasteiger partial charge in [-0.25, -0.2) is 5.06 Å². The van der Waals surface area contributed by atoms with Gasteiger partial charge >= 0.3 is 0 Å². The van der Waals surface area contributed by atoms with E-state index in [1.54, 1.807) is 24.9 Å². The molecule has 14 heavy (non-hydrogen) atoms. The zero-order chi connectivity index (χ0) is 10.6. The molecule has 0 heterocycles. The predicted molar refractivity (Wildman–Crippen MR) is 57.3 cm³/mol. The Morgan fingerprint density at radius 2 is 2.21 bits per heavy atom. The SMILES string of the molecule is CON(C)C(=O)c1cccc(SC)c1. The van der Waals surface area contributed by atoms with Crippen LogP contribution in [-0.4, -0.2) is 31.4 Å². The number of benzene rings is 1. The van der Waals surface area contributed by atoms with Crippen molar-refractivity contribution in [2.45, 2.75) is 4.90 Å². The third kappa shape index (κ3) is 2.49. The van der Waals surface area contributed by atoms with E-state index in [4.69, 9.17) is 4.84 Å². The van der Waals surface area contributed by atoms with Crippen LogP contribution in [0.4, 0.5) is 0 Å². The number of hydrogen-bond donors (Lipinski definition) is 0. The van der Waals surface area contributed by atoms with Gasteiger partial charge in [-0.3, -0.25) is 9.63 Å². The molecule has 0 fully saturated rings. The maximum absolute atomic E-state index is 11.6. The number of hydroxylamine groups is 2. The van der Waals surface area contributed by atoms with Crippen LogP contribution in [0.5, 0.6) is 0 Å². The third-order valence-electron chi connectivity index (χ3n) is 1.88. The first kappa shape index (κ1) is 11.1. The van der Waals surface area contributed by atoms with Gasteiger partial charge in [0.25, 0.3) is 5.91 Å². The highest BCUT2D eigenvalue weighted by Crippen LogP contribution is 2.16. The molecule has 0 saturated carbocycles. The van der Waals surface area contributed by atoms with E-state index >= 15 is 0 Å². The molecule has 0 aliphatic rings. The fourth-order valence-electron chi connectivity index (χ4n) is 1.02. The Morgan fingerprint density at radius 3 is 2.79 bits per heavy atom. The van der Waals surface area contributed by atoms with Crippen molar-refractivity contribution in [1.29, 1.82) is 0 Å². The van der Waals surface area contributed by atoms with Crippen molar-refractivity contribution >= 4 is 17.7 Å². The van der Waals surface area contributed by atoms with E-state index in [-0.39, 0.29) is 5.91 Å². The van der Waals surface area contributed by atoms with Crippen molar-refractivity contribution in [3.8, 4) is 0 Å². The van der Waals surface area contributed by atoms with E-state index in [1.165, 1.54) is 12.2 Å². The fourth-order valence-corrected chi connectivity index (χ4v) is 1.48. The molecule has 1 amide bonds. The first-order valence-electron chi connectivity index (χ1n) is 4.15. The van der Waals surface area contributed by atoms with Crippen LogP contribution in [0.3, 0.4) is 0 Å². The summed E-state index contributed by atoms with van der Waals surface area (Å²) < 4.78 is 0. The number of carbonyl (C=O) groups excluding carboxylic acids is 1. The summed E-state index contributed by atoms with van der Waals surface area (Å²) in [4.78, 5) is 17.5. The summed E-state index contributed by atoms with van der Waals surface area (Å²) in [6.07, 6.45) is 1.98. The molecule has 1 rings (SSSR count). The largest absolute Gasteiger partial charge is 0.277 e. The molecule has 76 valence electrons. The van der Waals surface area contributed by atoms with Gasteiger partial charge in [-0.05, 0) is 24.5 Å². The maximum atomic E-state index is 11.6. The molecule has 1 aromatic rings. The molecule has 0 radical (unpaired) electrons.